The fourth-order valence-electron chi connectivity index (χ4n) is 3.77. The average Bonchev–Trinajstić information content (AvgIpc) is 2.98. The molecule has 1 N–H and O–H groups in total. The molecule has 1 saturated carbocycles. The molecule has 0 bridgehead atoms. The van der Waals surface area contributed by atoms with E-state index in [1.165, 1.54) is 52.0 Å². The van der Waals surface area contributed by atoms with E-state index in [4.69, 9.17) is 0 Å². The number of hydrogen-bond acceptors (Lipinski definition) is 3. The van der Waals surface area contributed by atoms with Crippen molar-refractivity contribution in [2.75, 3.05) is 46.8 Å². The Balaban J connectivity index is 1.81. The molecule has 2 aliphatic rings. The smallest absolute Gasteiger partial charge is 0.0194 e. The Bertz CT molecular complexity index is 258. The lowest BCUT2D eigenvalue weighted by atomic mass is 9.91. The highest BCUT2D eigenvalue weighted by atomic mass is 15.2. The van der Waals surface area contributed by atoms with Crippen molar-refractivity contribution in [3.05, 3.63) is 0 Å². The first-order chi connectivity index (χ1) is 8.57. The van der Waals surface area contributed by atoms with E-state index in [9.17, 15) is 0 Å². The van der Waals surface area contributed by atoms with E-state index in [0.717, 1.165) is 11.3 Å². The zero-order valence-electron chi connectivity index (χ0n) is 12.7. The van der Waals surface area contributed by atoms with Gasteiger partial charge in [0.05, 0.1) is 0 Å². The number of nitrogens with zero attached hydrogens (tertiary/aromatic N) is 2. The summed E-state index contributed by atoms with van der Waals surface area (Å²) in [5.74, 6) is 0.976. The number of hydrogen-bond donors (Lipinski definition) is 1. The van der Waals surface area contributed by atoms with E-state index in [2.05, 4.69) is 43.1 Å². The maximum Gasteiger partial charge on any atom is 0.0194 e. The van der Waals surface area contributed by atoms with Crippen molar-refractivity contribution in [1.29, 1.82) is 0 Å². The highest BCUT2D eigenvalue weighted by molar-refractivity contribution is 5.05. The van der Waals surface area contributed by atoms with Gasteiger partial charge in [-0.3, -0.25) is 4.90 Å². The summed E-state index contributed by atoms with van der Waals surface area (Å²) < 4.78 is 0. The van der Waals surface area contributed by atoms with Crippen LogP contribution in [0.5, 0.6) is 0 Å². The molecule has 1 aliphatic heterocycles. The zero-order chi connectivity index (χ0) is 13.2. The highest BCUT2D eigenvalue weighted by Gasteiger charge is 2.53. The second kappa shape index (κ2) is 5.89. The van der Waals surface area contributed by atoms with Gasteiger partial charge in [-0.25, -0.2) is 0 Å². The van der Waals surface area contributed by atoms with E-state index in [0.29, 0.717) is 6.04 Å². The summed E-state index contributed by atoms with van der Waals surface area (Å²) in [5, 5.41) is 3.50. The molecule has 2 atom stereocenters. The van der Waals surface area contributed by atoms with Crippen molar-refractivity contribution in [2.24, 2.45) is 11.3 Å². The minimum atomic E-state index is 0.685. The molecule has 3 heteroatoms. The van der Waals surface area contributed by atoms with E-state index in [-0.39, 0.29) is 0 Å². The Morgan fingerprint density at radius 3 is 2.50 bits per heavy atom. The van der Waals surface area contributed by atoms with Crippen molar-refractivity contribution in [3.63, 3.8) is 0 Å². The van der Waals surface area contributed by atoms with Crippen molar-refractivity contribution < 1.29 is 0 Å². The maximum atomic E-state index is 3.50. The molecule has 0 amide bonds. The molecule has 0 aromatic rings. The van der Waals surface area contributed by atoms with Crippen molar-refractivity contribution in [3.8, 4) is 0 Å². The van der Waals surface area contributed by atoms with Crippen LogP contribution in [0.25, 0.3) is 0 Å². The first-order valence-electron chi connectivity index (χ1n) is 7.67. The normalized spacial score (nSPS) is 28.0. The van der Waals surface area contributed by atoms with Gasteiger partial charge in [0.1, 0.15) is 0 Å². The van der Waals surface area contributed by atoms with Crippen LogP contribution < -0.4 is 5.32 Å². The Hall–Kier alpha value is -0.120. The van der Waals surface area contributed by atoms with Gasteiger partial charge in [0.2, 0.25) is 0 Å². The molecule has 3 nitrogen and oxygen atoms in total. The number of rotatable bonds is 6. The maximum absolute atomic E-state index is 3.50. The van der Waals surface area contributed by atoms with Crippen LogP contribution in [0, 0.1) is 11.3 Å². The van der Waals surface area contributed by atoms with Gasteiger partial charge in [-0.05, 0) is 71.2 Å². The standard InChI is InChI=1S/C15H31N3/c1-5-18(13(2)11-17(3)4)12-14-10-15(14)6-8-16-9-7-15/h13-14,16H,5-12H2,1-4H3. The highest BCUT2D eigenvalue weighted by Crippen LogP contribution is 2.58. The second-order valence-electron chi connectivity index (χ2n) is 6.71. The molecule has 106 valence electrons. The third kappa shape index (κ3) is 3.25. The molecule has 0 radical (unpaired) electrons. The molecular formula is C15H31N3. The lowest BCUT2D eigenvalue weighted by Crippen LogP contribution is -2.42. The Morgan fingerprint density at radius 1 is 1.28 bits per heavy atom. The fraction of sp³-hybridized carbons (Fsp3) is 1.00. The summed E-state index contributed by atoms with van der Waals surface area (Å²) in [5.41, 5.74) is 0.733. The summed E-state index contributed by atoms with van der Waals surface area (Å²) in [4.78, 5) is 4.99. The van der Waals surface area contributed by atoms with Crippen molar-refractivity contribution in [2.45, 2.75) is 39.2 Å². The van der Waals surface area contributed by atoms with Crippen molar-refractivity contribution >= 4 is 0 Å². The summed E-state index contributed by atoms with van der Waals surface area (Å²) in [6, 6.07) is 0.685. The average molecular weight is 253 g/mol. The minimum Gasteiger partial charge on any atom is -0.317 e. The fourth-order valence-corrected chi connectivity index (χ4v) is 3.77. The quantitative estimate of drug-likeness (QED) is 0.776. The molecule has 2 rings (SSSR count). The van der Waals surface area contributed by atoms with E-state index >= 15 is 0 Å². The third-order valence-corrected chi connectivity index (χ3v) is 5.07. The summed E-state index contributed by atoms with van der Waals surface area (Å²) in [6.45, 7) is 10.9. The molecule has 1 spiro atoms. The topological polar surface area (TPSA) is 18.5 Å². The van der Waals surface area contributed by atoms with E-state index < -0.39 is 0 Å². The van der Waals surface area contributed by atoms with Gasteiger partial charge < -0.3 is 10.2 Å². The molecule has 1 saturated heterocycles. The summed E-state index contributed by atoms with van der Waals surface area (Å²) in [7, 11) is 4.35. The van der Waals surface area contributed by atoms with Gasteiger partial charge in [0.25, 0.3) is 0 Å². The van der Waals surface area contributed by atoms with Crippen LogP contribution >= 0.6 is 0 Å². The third-order valence-electron chi connectivity index (χ3n) is 5.07. The van der Waals surface area contributed by atoms with Crippen LogP contribution in [0.4, 0.5) is 0 Å². The molecule has 1 aliphatic carbocycles. The van der Waals surface area contributed by atoms with Crippen LogP contribution in [-0.2, 0) is 0 Å². The molecule has 18 heavy (non-hydrogen) atoms. The summed E-state index contributed by atoms with van der Waals surface area (Å²) in [6.07, 6.45) is 4.31. The summed E-state index contributed by atoms with van der Waals surface area (Å²) >= 11 is 0. The van der Waals surface area contributed by atoms with Gasteiger partial charge in [-0.1, -0.05) is 6.92 Å². The zero-order valence-corrected chi connectivity index (χ0v) is 12.7. The molecule has 0 aromatic heterocycles. The lowest BCUT2D eigenvalue weighted by Gasteiger charge is -2.32. The molecule has 0 aromatic carbocycles. The van der Waals surface area contributed by atoms with Gasteiger partial charge in [-0.15, -0.1) is 0 Å². The van der Waals surface area contributed by atoms with Crippen LogP contribution in [0.2, 0.25) is 0 Å². The van der Waals surface area contributed by atoms with Gasteiger partial charge in [-0.2, -0.15) is 0 Å². The first kappa shape index (κ1) is 14.3. The molecular weight excluding hydrogens is 222 g/mol. The Kier molecular flexibility index (Phi) is 4.68. The predicted octanol–water partition coefficient (Wildman–Crippen LogP) is 1.65. The second-order valence-corrected chi connectivity index (χ2v) is 6.71. The monoisotopic (exact) mass is 253 g/mol. The van der Waals surface area contributed by atoms with Crippen LogP contribution in [-0.4, -0.2) is 62.7 Å². The van der Waals surface area contributed by atoms with Gasteiger partial charge in [0, 0.05) is 19.1 Å². The van der Waals surface area contributed by atoms with Crippen molar-refractivity contribution in [1.82, 2.24) is 15.1 Å². The Morgan fingerprint density at radius 2 is 1.94 bits per heavy atom. The van der Waals surface area contributed by atoms with Crippen LogP contribution in [0.15, 0.2) is 0 Å². The minimum absolute atomic E-state index is 0.685. The number of piperidine rings is 1. The SMILES string of the molecule is CCN(CC1CC12CCNCC2)C(C)CN(C)C. The number of likely N-dealkylation sites (N-methyl/N-ethyl adjacent to an activating group) is 2. The molecule has 2 unspecified atom stereocenters. The van der Waals surface area contributed by atoms with E-state index in [1.54, 1.807) is 0 Å². The molecule has 1 heterocycles. The predicted molar refractivity (Wildman–Crippen MR) is 77.9 cm³/mol. The largest absolute Gasteiger partial charge is 0.317 e. The van der Waals surface area contributed by atoms with E-state index in [1.807, 2.05) is 0 Å². The lowest BCUT2D eigenvalue weighted by molar-refractivity contribution is 0.162. The van der Waals surface area contributed by atoms with Crippen LogP contribution in [0.1, 0.15) is 33.1 Å². The molecule has 2 fully saturated rings. The van der Waals surface area contributed by atoms with Gasteiger partial charge >= 0.3 is 0 Å². The first-order valence-corrected chi connectivity index (χ1v) is 7.67. The van der Waals surface area contributed by atoms with Crippen LogP contribution in [0.3, 0.4) is 0 Å². The number of nitrogens with one attached hydrogen (secondary N) is 1. The Labute approximate surface area is 113 Å². The van der Waals surface area contributed by atoms with Gasteiger partial charge in [0.15, 0.2) is 0 Å².